The fourth-order valence-corrected chi connectivity index (χ4v) is 1.79. The van der Waals surface area contributed by atoms with Crippen LogP contribution in [0.1, 0.15) is 12.8 Å². The van der Waals surface area contributed by atoms with Crippen molar-refractivity contribution in [1.29, 1.82) is 0 Å². The highest BCUT2D eigenvalue weighted by atomic mass is 32.2. The number of carbonyl (C=O) groups is 4. The van der Waals surface area contributed by atoms with Crippen LogP contribution >= 0.6 is 11.9 Å². The van der Waals surface area contributed by atoms with Crippen LogP contribution in [-0.4, -0.2) is 62.7 Å². The normalized spacial score (nSPS) is 12.7. The van der Waals surface area contributed by atoms with Gasteiger partial charge in [0.05, 0.1) is 5.75 Å². The van der Waals surface area contributed by atoms with Gasteiger partial charge in [-0.25, -0.2) is 0 Å². The van der Waals surface area contributed by atoms with Gasteiger partial charge < -0.3 is 26.6 Å². The highest BCUT2D eigenvalue weighted by molar-refractivity contribution is 7.93. The summed E-state index contributed by atoms with van der Waals surface area (Å²) in [4.78, 5) is 54.5. The van der Waals surface area contributed by atoms with Crippen LogP contribution in [0.3, 0.4) is 0 Å². The predicted octanol–water partition coefficient (Wildman–Crippen LogP) is -2.21. The summed E-state index contributed by atoms with van der Waals surface area (Å²) >= 11 is 0.154. The topological polar surface area (TPSA) is 202 Å². The minimum absolute atomic E-state index is 0.154. The van der Waals surface area contributed by atoms with Gasteiger partial charge in [-0.3, -0.25) is 29.3 Å². The molecule has 13 heteroatoms. The lowest BCUT2D eigenvalue weighted by atomic mass is 10.1. The number of carboxylic acids is 2. The number of aliphatic carboxylic acids is 2. The molecular weight excluding hydrogens is 336 g/mol. The second-order valence-corrected chi connectivity index (χ2v) is 5.12. The second-order valence-electron chi connectivity index (χ2n) is 4.23. The number of carbonyl (C=O) groups excluding carboxylic acids is 2. The molecule has 12 nitrogen and oxygen atoms in total. The van der Waals surface area contributed by atoms with Crippen LogP contribution in [0.5, 0.6) is 0 Å². The second kappa shape index (κ2) is 10.3. The van der Waals surface area contributed by atoms with Crippen molar-refractivity contribution >= 4 is 35.7 Å². The first-order chi connectivity index (χ1) is 10.6. The summed E-state index contributed by atoms with van der Waals surface area (Å²) in [5.41, 5.74) is 5.22. The summed E-state index contributed by atoms with van der Waals surface area (Å²) in [5.74, 6) is -4.68. The fraction of sp³-hybridized carbons (Fsp3) is 0.600. The van der Waals surface area contributed by atoms with Gasteiger partial charge in [0.1, 0.15) is 23.0 Å². The Morgan fingerprint density at radius 1 is 1.26 bits per heavy atom. The van der Waals surface area contributed by atoms with E-state index in [9.17, 15) is 29.3 Å². The van der Waals surface area contributed by atoms with Crippen LogP contribution in [0.2, 0.25) is 0 Å². The minimum Gasteiger partial charge on any atom is -0.480 e. The Morgan fingerprint density at radius 2 is 1.87 bits per heavy atom. The molecule has 0 spiro atoms. The Balaban J connectivity index is 4.57. The third kappa shape index (κ3) is 10.0. The summed E-state index contributed by atoms with van der Waals surface area (Å²) in [6.07, 6.45) is -0.494. The molecule has 0 aromatic rings. The SMILES string of the molecule is N[C@@H](CCC(=O)N[C@@H](CS[N+](=O)[O-])C(=O)NCC(=O)O)C(=O)O. The quantitative estimate of drug-likeness (QED) is 0.154. The first-order valence-electron chi connectivity index (χ1n) is 6.18. The monoisotopic (exact) mass is 352 g/mol. The molecule has 0 aromatic carbocycles. The lowest BCUT2D eigenvalue weighted by Crippen LogP contribution is -2.49. The van der Waals surface area contributed by atoms with Crippen LogP contribution in [0, 0.1) is 10.1 Å². The van der Waals surface area contributed by atoms with Crippen molar-refractivity contribution in [2.45, 2.75) is 24.9 Å². The van der Waals surface area contributed by atoms with Crippen LogP contribution in [-0.2, 0) is 19.2 Å². The molecule has 0 saturated carbocycles. The van der Waals surface area contributed by atoms with Crippen molar-refractivity contribution in [3.05, 3.63) is 10.1 Å². The van der Waals surface area contributed by atoms with E-state index in [2.05, 4.69) is 5.32 Å². The Labute approximate surface area is 134 Å². The zero-order valence-corrected chi connectivity index (χ0v) is 12.6. The van der Waals surface area contributed by atoms with Crippen molar-refractivity contribution in [2.75, 3.05) is 12.3 Å². The smallest absolute Gasteiger partial charge is 0.322 e. The largest absolute Gasteiger partial charge is 0.480 e. The number of nitro groups is 1. The molecule has 23 heavy (non-hydrogen) atoms. The van der Waals surface area contributed by atoms with Gasteiger partial charge in [-0.1, -0.05) is 0 Å². The molecule has 0 saturated heterocycles. The van der Waals surface area contributed by atoms with Crippen LogP contribution in [0.25, 0.3) is 0 Å². The molecule has 0 fully saturated rings. The van der Waals surface area contributed by atoms with Crippen molar-refractivity contribution in [3.63, 3.8) is 0 Å². The van der Waals surface area contributed by atoms with E-state index in [0.717, 1.165) is 0 Å². The highest BCUT2D eigenvalue weighted by Crippen LogP contribution is 2.04. The molecular formula is C10H16N4O8S. The molecule has 0 aromatic heterocycles. The predicted molar refractivity (Wildman–Crippen MR) is 76.9 cm³/mol. The van der Waals surface area contributed by atoms with Crippen molar-refractivity contribution < 1.29 is 33.7 Å². The Hall–Kier alpha value is -2.41. The third-order valence-electron chi connectivity index (χ3n) is 2.41. The molecule has 2 amide bonds. The number of hydrogen-bond donors (Lipinski definition) is 5. The maximum atomic E-state index is 11.7. The standard InChI is InChI=1S/C10H16N4O8S/c11-5(10(19)20)1-2-7(15)13-6(4-23-14(21)22)9(18)12-3-8(16)17/h5-6H,1-4,11H2,(H,12,18)(H,13,15)(H,16,17)(H,19,20)/t5-,6-/m0/s1. The van der Waals surface area contributed by atoms with Crippen molar-refractivity contribution in [1.82, 2.24) is 10.6 Å². The number of rotatable bonds is 11. The zero-order valence-electron chi connectivity index (χ0n) is 11.8. The zero-order chi connectivity index (χ0) is 18.0. The molecule has 0 aliphatic rings. The summed E-state index contributed by atoms with van der Waals surface area (Å²) < 4.78 is -0.774. The van der Waals surface area contributed by atoms with Gasteiger partial charge in [-0.2, -0.15) is 0 Å². The van der Waals surface area contributed by atoms with E-state index in [-0.39, 0.29) is 24.8 Å². The average molecular weight is 352 g/mol. The molecule has 0 aliphatic carbocycles. The van der Waals surface area contributed by atoms with E-state index in [0.29, 0.717) is 0 Å². The first-order valence-corrected chi connectivity index (χ1v) is 7.12. The number of nitrogens with zero attached hydrogens (tertiary/aromatic N) is 1. The van der Waals surface area contributed by atoms with Crippen molar-refractivity contribution in [2.24, 2.45) is 5.73 Å². The van der Waals surface area contributed by atoms with Crippen LogP contribution in [0.15, 0.2) is 0 Å². The molecule has 0 rings (SSSR count). The molecule has 0 aliphatic heterocycles. The Morgan fingerprint density at radius 3 is 2.35 bits per heavy atom. The lowest BCUT2D eigenvalue weighted by molar-refractivity contribution is -0.284. The van der Waals surface area contributed by atoms with Gasteiger partial charge >= 0.3 is 11.9 Å². The maximum absolute atomic E-state index is 11.7. The van der Waals surface area contributed by atoms with Crippen LogP contribution in [0.4, 0.5) is 0 Å². The van der Waals surface area contributed by atoms with Gasteiger partial charge in [-0.15, -0.1) is 0 Å². The van der Waals surface area contributed by atoms with Crippen LogP contribution < -0.4 is 16.4 Å². The van der Waals surface area contributed by atoms with E-state index in [1.165, 1.54) is 0 Å². The van der Waals surface area contributed by atoms with Gasteiger partial charge in [0, 0.05) is 6.42 Å². The minimum atomic E-state index is -1.33. The van der Waals surface area contributed by atoms with E-state index in [1.54, 1.807) is 0 Å². The number of nitrogens with two attached hydrogens (primary N) is 1. The lowest BCUT2D eigenvalue weighted by Gasteiger charge is -2.16. The fourth-order valence-electron chi connectivity index (χ4n) is 1.28. The Bertz CT molecular complexity index is 485. The molecule has 0 unspecified atom stereocenters. The highest BCUT2D eigenvalue weighted by Gasteiger charge is 2.25. The molecule has 2 atom stereocenters. The summed E-state index contributed by atoms with van der Waals surface area (Å²) in [7, 11) is 0. The summed E-state index contributed by atoms with van der Waals surface area (Å²) in [5, 5.41) is 31.5. The molecule has 0 heterocycles. The van der Waals surface area contributed by atoms with E-state index in [4.69, 9.17) is 15.9 Å². The van der Waals surface area contributed by atoms with E-state index < -0.39 is 52.5 Å². The molecule has 130 valence electrons. The van der Waals surface area contributed by atoms with Gasteiger partial charge in [0.15, 0.2) is 0 Å². The number of nitrogens with one attached hydrogen (secondary N) is 2. The Kier molecular flexibility index (Phi) is 9.26. The van der Waals surface area contributed by atoms with E-state index in [1.807, 2.05) is 5.32 Å². The van der Waals surface area contributed by atoms with Crippen molar-refractivity contribution in [3.8, 4) is 0 Å². The van der Waals surface area contributed by atoms with Gasteiger partial charge in [0.2, 0.25) is 23.8 Å². The third-order valence-corrected chi connectivity index (χ3v) is 3.10. The maximum Gasteiger partial charge on any atom is 0.322 e. The molecule has 0 bridgehead atoms. The number of amides is 2. The van der Waals surface area contributed by atoms with E-state index >= 15 is 0 Å². The average Bonchev–Trinajstić information content (AvgIpc) is 2.45. The number of carboxylic acid groups (broad SMARTS) is 2. The van der Waals surface area contributed by atoms with Gasteiger partial charge in [-0.05, 0) is 6.42 Å². The number of hydrogen-bond acceptors (Lipinski definition) is 8. The van der Waals surface area contributed by atoms with Gasteiger partial charge in [0.25, 0.3) is 0 Å². The molecule has 6 N–H and O–H groups in total. The summed E-state index contributed by atoms with van der Waals surface area (Å²) in [6.45, 7) is -0.710. The first kappa shape index (κ1) is 20.6. The summed E-state index contributed by atoms with van der Waals surface area (Å²) in [6, 6.07) is -2.59. The molecule has 0 radical (unpaired) electrons.